The van der Waals surface area contributed by atoms with Gasteiger partial charge in [0.05, 0.1) is 6.04 Å². The number of aromatic nitrogens is 4. The molecule has 0 saturated heterocycles. The number of carbonyl (C=O) groups is 1. The molecule has 1 amide bonds. The summed E-state index contributed by atoms with van der Waals surface area (Å²) in [5, 5.41) is 7.61. The van der Waals surface area contributed by atoms with Gasteiger partial charge in [0, 0.05) is 12.4 Å². The number of thiazole rings is 1. The first-order valence-electron chi connectivity index (χ1n) is 6.38. The number of carbonyl (C=O) groups excluding carboxylic acids is 1. The van der Waals surface area contributed by atoms with Crippen molar-refractivity contribution in [2.75, 3.05) is 5.32 Å². The maximum atomic E-state index is 12.1. The number of rotatable bonds is 3. The fourth-order valence-corrected chi connectivity index (χ4v) is 2.79. The number of amides is 1. The number of anilines is 1. The Kier molecular flexibility index (Phi) is 2.53. The summed E-state index contributed by atoms with van der Waals surface area (Å²) in [6.07, 6.45) is 5.86. The van der Waals surface area contributed by atoms with Crippen LogP contribution in [-0.4, -0.2) is 25.7 Å². The molecule has 0 atom stereocenters. The second-order valence-electron chi connectivity index (χ2n) is 4.71. The van der Waals surface area contributed by atoms with Crippen LogP contribution < -0.4 is 5.32 Å². The smallest absolute Gasteiger partial charge is 0.277 e. The average molecular weight is 285 g/mol. The van der Waals surface area contributed by atoms with E-state index >= 15 is 0 Å². The van der Waals surface area contributed by atoms with Crippen LogP contribution in [0.4, 0.5) is 5.13 Å². The van der Waals surface area contributed by atoms with E-state index in [9.17, 15) is 4.79 Å². The van der Waals surface area contributed by atoms with Crippen LogP contribution in [-0.2, 0) is 0 Å². The van der Waals surface area contributed by atoms with E-state index in [-0.39, 0.29) is 5.91 Å². The summed E-state index contributed by atoms with van der Waals surface area (Å²) in [5.41, 5.74) is 1.21. The number of hydrogen-bond donors (Lipinski definition) is 1. The number of pyridine rings is 1. The zero-order chi connectivity index (χ0) is 13.5. The zero-order valence-corrected chi connectivity index (χ0v) is 11.3. The van der Waals surface area contributed by atoms with Crippen molar-refractivity contribution in [2.45, 2.75) is 18.9 Å². The number of nitrogens with one attached hydrogen (secondary N) is 1. The molecule has 7 heteroatoms. The Balaban J connectivity index is 1.55. The Labute approximate surface area is 118 Å². The molecule has 3 heterocycles. The summed E-state index contributed by atoms with van der Waals surface area (Å²) in [4.78, 5) is 21.4. The Hall–Kier alpha value is -2.28. The standard InChI is InChI=1S/C13H11N5OS/c19-11(9-5-7-18(17-9)8-3-4-8)16-13-15-10-2-1-6-14-12(10)20-13/h1-2,5-8H,3-4H2,(H,15,16,19). The SMILES string of the molecule is O=C(Nc1nc2cccnc2s1)c1ccn(C2CC2)n1. The second-order valence-corrected chi connectivity index (χ2v) is 5.69. The first-order valence-corrected chi connectivity index (χ1v) is 7.19. The van der Waals surface area contributed by atoms with Crippen LogP contribution in [0.1, 0.15) is 29.4 Å². The van der Waals surface area contributed by atoms with Crippen LogP contribution in [0.5, 0.6) is 0 Å². The molecule has 4 rings (SSSR count). The fraction of sp³-hybridized carbons (Fsp3) is 0.231. The minimum absolute atomic E-state index is 0.233. The van der Waals surface area contributed by atoms with Gasteiger partial charge in [-0.2, -0.15) is 5.10 Å². The van der Waals surface area contributed by atoms with E-state index in [1.807, 2.05) is 23.0 Å². The van der Waals surface area contributed by atoms with Gasteiger partial charge in [-0.15, -0.1) is 0 Å². The minimum Gasteiger partial charge on any atom is -0.296 e. The van der Waals surface area contributed by atoms with Crippen molar-refractivity contribution in [3.8, 4) is 0 Å². The molecule has 1 N–H and O–H groups in total. The Morgan fingerprint density at radius 2 is 2.30 bits per heavy atom. The molecular weight excluding hydrogens is 274 g/mol. The predicted octanol–water partition coefficient (Wildman–Crippen LogP) is 2.48. The Bertz CT molecular complexity index is 756. The average Bonchev–Trinajstić information content (AvgIpc) is 3.03. The number of nitrogens with zero attached hydrogens (tertiary/aromatic N) is 4. The van der Waals surface area contributed by atoms with Gasteiger partial charge in [-0.25, -0.2) is 9.97 Å². The molecule has 100 valence electrons. The highest BCUT2D eigenvalue weighted by molar-refractivity contribution is 7.21. The van der Waals surface area contributed by atoms with Crippen LogP contribution in [0.3, 0.4) is 0 Å². The lowest BCUT2D eigenvalue weighted by Gasteiger charge is -1.98. The van der Waals surface area contributed by atoms with Crippen LogP contribution >= 0.6 is 11.3 Å². The predicted molar refractivity (Wildman–Crippen MR) is 75.9 cm³/mol. The highest BCUT2D eigenvalue weighted by Gasteiger charge is 2.25. The van der Waals surface area contributed by atoms with Gasteiger partial charge in [-0.1, -0.05) is 11.3 Å². The molecule has 3 aromatic rings. The molecule has 0 bridgehead atoms. The normalized spacial score (nSPS) is 14.6. The number of fused-ring (bicyclic) bond motifs is 1. The van der Waals surface area contributed by atoms with Gasteiger partial charge < -0.3 is 0 Å². The van der Waals surface area contributed by atoms with E-state index in [4.69, 9.17) is 0 Å². The first kappa shape index (κ1) is 11.5. The van der Waals surface area contributed by atoms with Crippen LogP contribution in [0.15, 0.2) is 30.6 Å². The molecule has 1 aliphatic rings. The number of hydrogen-bond acceptors (Lipinski definition) is 5. The van der Waals surface area contributed by atoms with E-state index < -0.39 is 0 Å². The van der Waals surface area contributed by atoms with Crippen molar-refractivity contribution in [1.82, 2.24) is 19.7 Å². The fourth-order valence-electron chi connectivity index (χ4n) is 1.99. The molecule has 0 aliphatic heterocycles. The topological polar surface area (TPSA) is 72.7 Å². The molecule has 0 radical (unpaired) electrons. The van der Waals surface area contributed by atoms with Gasteiger partial charge in [0.1, 0.15) is 10.3 Å². The molecule has 20 heavy (non-hydrogen) atoms. The Morgan fingerprint density at radius 1 is 1.40 bits per heavy atom. The van der Waals surface area contributed by atoms with E-state index in [1.165, 1.54) is 11.3 Å². The molecule has 1 aliphatic carbocycles. The van der Waals surface area contributed by atoms with Gasteiger partial charge in [-0.05, 0) is 31.0 Å². The van der Waals surface area contributed by atoms with Crippen molar-refractivity contribution in [3.63, 3.8) is 0 Å². The summed E-state index contributed by atoms with van der Waals surface area (Å²) in [5.74, 6) is -0.233. The van der Waals surface area contributed by atoms with Crippen molar-refractivity contribution in [2.24, 2.45) is 0 Å². The highest BCUT2D eigenvalue weighted by atomic mass is 32.1. The van der Waals surface area contributed by atoms with Crippen molar-refractivity contribution in [3.05, 3.63) is 36.3 Å². The van der Waals surface area contributed by atoms with Crippen molar-refractivity contribution < 1.29 is 4.79 Å². The summed E-state index contributed by atoms with van der Waals surface area (Å²) in [6, 6.07) is 5.91. The van der Waals surface area contributed by atoms with Crippen LogP contribution in [0.25, 0.3) is 10.3 Å². The lowest BCUT2D eigenvalue weighted by Crippen LogP contribution is -2.13. The van der Waals surface area contributed by atoms with Crippen LogP contribution in [0, 0.1) is 0 Å². The maximum absolute atomic E-state index is 12.1. The Morgan fingerprint density at radius 3 is 3.10 bits per heavy atom. The first-order chi connectivity index (χ1) is 9.79. The summed E-state index contributed by atoms with van der Waals surface area (Å²) < 4.78 is 1.86. The molecule has 1 saturated carbocycles. The molecule has 0 spiro atoms. The van der Waals surface area contributed by atoms with Crippen LogP contribution in [0.2, 0.25) is 0 Å². The molecule has 0 aromatic carbocycles. The van der Waals surface area contributed by atoms with Crippen molar-refractivity contribution >= 4 is 32.7 Å². The van der Waals surface area contributed by atoms with Gasteiger partial charge in [0.15, 0.2) is 10.8 Å². The minimum atomic E-state index is -0.233. The van der Waals surface area contributed by atoms with E-state index in [2.05, 4.69) is 20.4 Å². The lowest BCUT2D eigenvalue weighted by atomic mass is 10.4. The summed E-state index contributed by atoms with van der Waals surface area (Å²) in [7, 11) is 0. The van der Waals surface area contributed by atoms with E-state index in [1.54, 1.807) is 12.3 Å². The summed E-state index contributed by atoms with van der Waals surface area (Å²) in [6.45, 7) is 0. The molecule has 6 nitrogen and oxygen atoms in total. The van der Waals surface area contributed by atoms with Gasteiger partial charge >= 0.3 is 0 Å². The van der Waals surface area contributed by atoms with Crippen molar-refractivity contribution in [1.29, 1.82) is 0 Å². The monoisotopic (exact) mass is 285 g/mol. The third kappa shape index (κ3) is 2.05. The quantitative estimate of drug-likeness (QED) is 0.802. The van der Waals surface area contributed by atoms with Gasteiger partial charge in [0.25, 0.3) is 5.91 Å². The molecular formula is C13H11N5OS. The highest BCUT2D eigenvalue weighted by Crippen LogP contribution is 2.34. The third-order valence-electron chi connectivity index (χ3n) is 3.15. The zero-order valence-electron chi connectivity index (χ0n) is 10.5. The van der Waals surface area contributed by atoms with Gasteiger partial charge in [0.2, 0.25) is 0 Å². The van der Waals surface area contributed by atoms with Gasteiger partial charge in [-0.3, -0.25) is 14.8 Å². The molecule has 3 aromatic heterocycles. The van der Waals surface area contributed by atoms with E-state index in [0.29, 0.717) is 16.9 Å². The third-order valence-corrected chi connectivity index (χ3v) is 4.04. The largest absolute Gasteiger partial charge is 0.296 e. The molecule has 1 fully saturated rings. The van der Waals surface area contributed by atoms with E-state index in [0.717, 1.165) is 23.2 Å². The lowest BCUT2D eigenvalue weighted by molar-refractivity contribution is 0.102. The summed E-state index contributed by atoms with van der Waals surface area (Å²) >= 11 is 1.36. The molecule has 0 unspecified atom stereocenters. The second kappa shape index (κ2) is 4.38. The maximum Gasteiger partial charge on any atom is 0.277 e.